The smallest absolute Gasteiger partial charge is 0.214 e. The fraction of sp³-hybridized carbons (Fsp3) is 0.167. The van der Waals surface area contributed by atoms with Crippen LogP contribution in [0.5, 0.6) is 5.88 Å². The SMILES string of the molecule is CCOc1cc(C(N)=S)c2ccccc2n1. The van der Waals surface area contributed by atoms with Gasteiger partial charge in [-0.1, -0.05) is 30.4 Å². The molecule has 0 aliphatic carbocycles. The highest BCUT2D eigenvalue weighted by molar-refractivity contribution is 7.80. The van der Waals surface area contributed by atoms with E-state index in [-0.39, 0.29) is 0 Å². The van der Waals surface area contributed by atoms with Gasteiger partial charge in [-0.2, -0.15) is 0 Å². The fourth-order valence-electron chi connectivity index (χ4n) is 1.58. The first kappa shape index (κ1) is 10.8. The van der Waals surface area contributed by atoms with Crippen LogP contribution in [-0.4, -0.2) is 16.6 Å². The number of nitrogens with zero attached hydrogens (tertiary/aromatic N) is 1. The largest absolute Gasteiger partial charge is 0.478 e. The molecule has 3 nitrogen and oxygen atoms in total. The molecule has 4 heteroatoms. The number of pyridine rings is 1. The molecule has 0 bridgehead atoms. The Morgan fingerprint density at radius 2 is 2.19 bits per heavy atom. The van der Waals surface area contributed by atoms with Crippen molar-refractivity contribution < 1.29 is 4.74 Å². The molecule has 0 amide bonds. The normalized spacial score (nSPS) is 10.3. The Balaban J connectivity index is 2.68. The van der Waals surface area contributed by atoms with Crippen molar-refractivity contribution in [2.75, 3.05) is 6.61 Å². The number of fused-ring (bicyclic) bond motifs is 1. The summed E-state index contributed by atoms with van der Waals surface area (Å²) in [4.78, 5) is 4.73. The van der Waals surface area contributed by atoms with Crippen molar-refractivity contribution in [3.63, 3.8) is 0 Å². The van der Waals surface area contributed by atoms with E-state index in [1.54, 1.807) is 6.07 Å². The summed E-state index contributed by atoms with van der Waals surface area (Å²) in [6, 6.07) is 9.51. The number of aromatic nitrogens is 1. The highest BCUT2D eigenvalue weighted by atomic mass is 32.1. The fourth-order valence-corrected chi connectivity index (χ4v) is 1.75. The highest BCUT2D eigenvalue weighted by Crippen LogP contribution is 2.21. The van der Waals surface area contributed by atoms with Gasteiger partial charge in [-0.05, 0) is 13.0 Å². The lowest BCUT2D eigenvalue weighted by Gasteiger charge is -2.08. The van der Waals surface area contributed by atoms with Crippen LogP contribution in [0.2, 0.25) is 0 Å². The van der Waals surface area contributed by atoms with Crippen molar-refractivity contribution in [1.29, 1.82) is 0 Å². The highest BCUT2D eigenvalue weighted by Gasteiger charge is 2.07. The summed E-state index contributed by atoms with van der Waals surface area (Å²) in [6.07, 6.45) is 0. The molecule has 0 unspecified atom stereocenters. The lowest BCUT2D eigenvalue weighted by atomic mass is 10.1. The summed E-state index contributed by atoms with van der Waals surface area (Å²) in [7, 11) is 0. The van der Waals surface area contributed by atoms with Gasteiger partial charge in [0.05, 0.1) is 12.1 Å². The minimum absolute atomic E-state index is 0.361. The summed E-state index contributed by atoms with van der Waals surface area (Å²) in [5.74, 6) is 0.559. The van der Waals surface area contributed by atoms with Gasteiger partial charge in [0.2, 0.25) is 5.88 Å². The number of rotatable bonds is 3. The van der Waals surface area contributed by atoms with Crippen LogP contribution in [0, 0.1) is 0 Å². The van der Waals surface area contributed by atoms with E-state index in [9.17, 15) is 0 Å². The molecule has 82 valence electrons. The monoisotopic (exact) mass is 232 g/mol. The van der Waals surface area contributed by atoms with Gasteiger partial charge in [-0.15, -0.1) is 0 Å². The zero-order valence-electron chi connectivity index (χ0n) is 8.93. The molecule has 16 heavy (non-hydrogen) atoms. The molecule has 0 spiro atoms. The molecular weight excluding hydrogens is 220 g/mol. The topological polar surface area (TPSA) is 48.1 Å². The molecule has 0 fully saturated rings. The van der Waals surface area contributed by atoms with Crippen molar-refractivity contribution in [3.05, 3.63) is 35.9 Å². The summed E-state index contributed by atoms with van der Waals surface area (Å²) in [5, 5.41) is 0.957. The second kappa shape index (κ2) is 4.45. The first-order valence-corrected chi connectivity index (χ1v) is 5.45. The van der Waals surface area contributed by atoms with Gasteiger partial charge in [-0.3, -0.25) is 0 Å². The molecule has 0 saturated heterocycles. The lowest BCUT2D eigenvalue weighted by molar-refractivity contribution is 0.328. The van der Waals surface area contributed by atoms with Gasteiger partial charge in [0.25, 0.3) is 0 Å². The third-order valence-electron chi connectivity index (χ3n) is 2.25. The van der Waals surface area contributed by atoms with Crippen LogP contribution in [0.4, 0.5) is 0 Å². The van der Waals surface area contributed by atoms with E-state index in [4.69, 9.17) is 22.7 Å². The molecule has 0 aliphatic heterocycles. The first-order valence-electron chi connectivity index (χ1n) is 5.04. The number of ether oxygens (including phenoxy) is 1. The molecule has 0 saturated carbocycles. The summed E-state index contributed by atoms with van der Waals surface area (Å²) < 4.78 is 5.38. The summed E-state index contributed by atoms with van der Waals surface area (Å²) in [5.41, 5.74) is 7.35. The summed E-state index contributed by atoms with van der Waals surface area (Å²) >= 11 is 5.03. The van der Waals surface area contributed by atoms with E-state index < -0.39 is 0 Å². The predicted molar refractivity (Wildman–Crippen MR) is 68.8 cm³/mol. The maximum Gasteiger partial charge on any atom is 0.214 e. The van der Waals surface area contributed by atoms with Gasteiger partial charge < -0.3 is 10.5 Å². The van der Waals surface area contributed by atoms with E-state index in [0.29, 0.717) is 17.5 Å². The van der Waals surface area contributed by atoms with Crippen molar-refractivity contribution in [2.45, 2.75) is 6.92 Å². The number of hydrogen-bond donors (Lipinski definition) is 1. The van der Waals surface area contributed by atoms with Crippen LogP contribution in [0.15, 0.2) is 30.3 Å². The Labute approximate surface area is 99.2 Å². The van der Waals surface area contributed by atoms with Crippen LogP contribution in [-0.2, 0) is 0 Å². The maximum atomic E-state index is 5.69. The molecule has 0 radical (unpaired) electrons. The van der Waals surface area contributed by atoms with Crippen molar-refractivity contribution >= 4 is 28.1 Å². The van der Waals surface area contributed by atoms with E-state index in [0.717, 1.165) is 16.5 Å². The first-order chi connectivity index (χ1) is 7.72. The van der Waals surface area contributed by atoms with E-state index >= 15 is 0 Å². The van der Waals surface area contributed by atoms with Gasteiger partial charge >= 0.3 is 0 Å². The Morgan fingerprint density at radius 1 is 1.44 bits per heavy atom. The number of para-hydroxylation sites is 1. The minimum atomic E-state index is 0.361. The Hall–Kier alpha value is -1.68. The van der Waals surface area contributed by atoms with E-state index in [2.05, 4.69) is 4.98 Å². The van der Waals surface area contributed by atoms with Crippen molar-refractivity contribution in [1.82, 2.24) is 4.98 Å². The third kappa shape index (κ3) is 1.97. The molecule has 2 aromatic rings. The predicted octanol–water partition coefficient (Wildman–Crippen LogP) is 2.27. The van der Waals surface area contributed by atoms with E-state index in [1.165, 1.54) is 0 Å². The second-order valence-corrected chi connectivity index (χ2v) is 3.76. The second-order valence-electron chi connectivity index (χ2n) is 3.32. The molecular formula is C12H12N2OS. The van der Waals surface area contributed by atoms with Gasteiger partial charge in [0, 0.05) is 17.0 Å². The average Bonchev–Trinajstić information content (AvgIpc) is 2.28. The Morgan fingerprint density at radius 3 is 2.88 bits per heavy atom. The molecule has 1 heterocycles. The van der Waals surface area contributed by atoms with E-state index in [1.807, 2.05) is 31.2 Å². The molecule has 0 aliphatic rings. The lowest BCUT2D eigenvalue weighted by Crippen LogP contribution is -2.11. The van der Waals surface area contributed by atoms with Crippen molar-refractivity contribution in [2.24, 2.45) is 5.73 Å². The molecule has 2 rings (SSSR count). The number of thiocarbonyl (C=S) groups is 1. The van der Waals surface area contributed by atoms with Crippen LogP contribution in [0.25, 0.3) is 10.9 Å². The van der Waals surface area contributed by atoms with Gasteiger partial charge in [-0.25, -0.2) is 4.98 Å². The zero-order chi connectivity index (χ0) is 11.5. The Bertz CT molecular complexity index is 540. The molecule has 2 N–H and O–H groups in total. The minimum Gasteiger partial charge on any atom is -0.478 e. The summed E-state index contributed by atoms with van der Waals surface area (Å²) in [6.45, 7) is 2.49. The van der Waals surface area contributed by atoms with Gasteiger partial charge in [0.1, 0.15) is 4.99 Å². The van der Waals surface area contributed by atoms with Crippen LogP contribution in [0.1, 0.15) is 12.5 Å². The molecule has 1 aromatic carbocycles. The number of nitrogens with two attached hydrogens (primary N) is 1. The quantitative estimate of drug-likeness (QED) is 0.825. The zero-order valence-corrected chi connectivity index (χ0v) is 9.75. The average molecular weight is 232 g/mol. The maximum absolute atomic E-state index is 5.69. The van der Waals surface area contributed by atoms with Crippen LogP contribution in [0.3, 0.4) is 0 Å². The van der Waals surface area contributed by atoms with Crippen LogP contribution < -0.4 is 10.5 Å². The van der Waals surface area contributed by atoms with Crippen molar-refractivity contribution in [3.8, 4) is 5.88 Å². The standard InChI is InChI=1S/C12H12N2OS/c1-2-15-11-7-9(12(13)16)8-5-3-4-6-10(8)14-11/h3-7H,2H2,1H3,(H2,13,16). The molecule has 0 atom stereocenters. The Kier molecular flexibility index (Phi) is 3.01. The number of hydrogen-bond acceptors (Lipinski definition) is 3. The van der Waals surface area contributed by atoms with Gasteiger partial charge in [0.15, 0.2) is 0 Å². The van der Waals surface area contributed by atoms with Crippen LogP contribution >= 0.6 is 12.2 Å². The molecule has 1 aromatic heterocycles. The number of benzene rings is 1. The third-order valence-corrected chi connectivity index (χ3v) is 2.47.